The lowest BCUT2D eigenvalue weighted by molar-refractivity contribution is -0.870. The molecule has 0 aromatic rings. The van der Waals surface area contributed by atoms with Gasteiger partial charge in [-0.1, -0.05) is 135 Å². The molecule has 0 radical (unpaired) electrons. The minimum absolute atomic E-state index is 0.0381. The number of phosphoric ester groups is 1. The van der Waals surface area contributed by atoms with Crippen LogP contribution in [0.3, 0.4) is 0 Å². The molecule has 0 aromatic heterocycles. The van der Waals surface area contributed by atoms with Crippen LogP contribution in [-0.2, 0) is 28.0 Å². The average Bonchev–Trinajstić information content (AvgIpc) is 2.93. The molecule has 0 amide bonds. The molecule has 0 fully saturated rings. The molecule has 42 heavy (non-hydrogen) atoms. The summed E-state index contributed by atoms with van der Waals surface area (Å²) >= 11 is 0. The van der Waals surface area contributed by atoms with Crippen molar-refractivity contribution in [3.8, 4) is 0 Å². The monoisotopic (exact) mass is 624 g/mol. The van der Waals surface area contributed by atoms with E-state index >= 15 is 0 Å². The Labute approximate surface area is 258 Å². The maximum Gasteiger partial charge on any atom is 0.472 e. The Morgan fingerprint density at radius 1 is 0.667 bits per heavy atom. The molecule has 0 rings (SSSR count). The first kappa shape index (κ1) is 41.5. The fraction of sp³-hybridized carbons (Fsp3) is 0.969. The summed E-state index contributed by atoms with van der Waals surface area (Å²) in [5, 5.41) is 8.99. The summed E-state index contributed by atoms with van der Waals surface area (Å²) in [4.78, 5) is 25.9. The fourth-order valence-electron chi connectivity index (χ4n) is 4.71. The Morgan fingerprint density at radius 2 is 1.07 bits per heavy atom. The van der Waals surface area contributed by atoms with Gasteiger partial charge in [0.05, 0.1) is 27.7 Å². The highest BCUT2D eigenvalue weighted by Gasteiger charge is 2.25. The van der Waals surface area contributed by atoms with Gasteiger partial charge in [-0.05, 0) is 6.42 Å². The van der Waals surface area contributed by atoms with E-state index in [1.54, 1.807) is 0 Å². The van der Waals surface area contributed by atoms with Gasteiger partial charge in [-0.3, -0.25) is 19.1 Å². The van der Waals surface area contributed by atoms with E-state index in [1.807, 2.05) is 21.1 Å². The Kier molecular flexibility index (Phi) is 27.6. The zero-order valence-electron chi connectivity index (χ0n) is 27.7. The van der Waals surface area contributed by atoms with Gasteiger partial charge in [-0.25, -0.2) is 9.45 Å². The topological polar surface area (TPSA) is 112 Å². The average molecular weight is 625 g/mol. The van der Waals surface area contributed by atoms with E-state index < -0.39 is 20.5 Å². The molecule has 0 aliphatic carbocycles. The zero-order chi connectivity index (χ0) is 31.4. The van der Waals surface area contributed by atoms with Crippen molar-refractivity contribution < 1.29 is 42.7 Å². The smallest absolute Gasteiger partial charge is 0.463 e. The molecule has 9 nitrogen and oxygen atoms in total. The highest BCUT2D eigenvalue weighted by molar-refractivity contribution is 7.47. The number of rotatable bonds is 32. The number of hydrogen-bond acceptors (Lipinski definition) is 7. The normalized spacial score (nSPS) is 14.1. The number of esters is 1. The van der Waals surface area contributed by atoms with E-state index in [2.05, 4.69) is 11.8 Å². The van der Waals surface area contributed by atoms with Crippen LogP contribution in [0.15, 0.2) is 0 Å². The molecule has 252 valence electrons. The Morgan fingerprint density at radius 3 is 1.45 bits per heavy atom. The molecular formula is C32H67NO8P+. The number of likely N-dealkylation sites (N-methyl/N-ethyl adjacent to an activating group) is 1. The number of ether oxygens (including phenoxy) is 1. The lowest BCUT2D eigenvalue weighted by Crippen LogP contribution is -2.37. The number of hydrogen-bond donors (Lipinski definition) is 2. The van der Waals surface area contributed by atoms with Crippen LogP contribution in [-0.4, -0.2) is 74.2 Å². The summed E-state index contributed by atoms with van der Waals surface area (Å²) in [5.74, 6) is -0.388. The van der Waals surface area contributed by atoms with Gasteiger partial charge in [0.1, 0.15) is 19.8 Å². The van der Waals surface area contributed by atoms with E-state index in [0.29, 0.717) is 17.4 Å². The molecule has 0 aliphatic heterocycles. The van der Waals surface area contributed by atoms with Crippen LogP contribution >= 0.6 is 7.82 Å². The van der Waals surface area contributed by atoms with Gasteiger partial charge < -0.3 is 14.1 Å². The van der Waals surface area contributed by atoms with Crippen molar-refractivity contribution in [2.24, 2.45) is 0 Å². The molecule has 0 saturated carbocycles. The van der Waals surface area contributed by atoms with Crippen LogP contribution in [0.5, 0.6) is 0 Å². The third-order valence-electron chi connectivity index (χ3n) is 7.50. The Bertz CT molecular complexity index is 659. The van der Waals surface area contributed by atoms with Crippen molar-refractivity contribution in [1.29, 1.82) is 0 Å². The van der Waals surface area contributed by atoms with E-state index in [0.717, 1.165) is 19.3 Å². The third kappa shape index (κ3) is 30.9. The van der Waals surface area contributed by atoms with Crippen LogP contribution in [0, 0.1) is 0 Å². The van der Waals surface area contributed by atoms with Gasteiger partial charge in [-0.15, -0.1) is 0 Å². The van der Waals surface area contributed by atoms with Crippen molar-refractivity contribution in [1.82, 2.24) is 0 Å². The van der Waals surface area contributed by atoms with E-state index in [9.17, 15) is 14.3 Å². The molecule has 1 unspecified atom stereocenters. The standard InChI is InChI=1S/C32H66NO8P/c1-5-6-7-8-9-10-11-12-13-14-15-16-17-18-19-20-21-22-23-24-25-26-32(34)38-29-31(41-35)30-40-42(36,37)39-28-27-33(2,3)4/h31H,5-30H2,1-4H3,(H-,35,36,37)/p+1/t31-/m1/s1. The largest absolute Gasteiger partial charge is 0.472 e. The van der Waals surface area contributed by atoms with Crippen LogP contribution in [0.1, 0.15) is 148 Å². The van der Waals surface area contributed by atoms with Gasteiger partial charge in [0, 0.05) is 6.42 Å². The third-order valence-corrected chi connectivity index (χ3v) is 8.49. The highest BCUT2D eigenvalue weighted by atomic mass is 31.2. The minimum Gasteiger partial charge on any atom is -0.463 e. The predicted molar refractivity (Wildman–Crippen MR) is 170 cm³/mol. The molecule has 0 heterocycles. The number of phosphoric acid groups is 1. The van der Waals surface area contributed by atoms with Gasteiger partial charge in [0.2, 0.25) is 0 Å². The first-order valence-corrected chi connectivity index (χ1v) is 18.5. The lowest BCUT2D eigenvalue weighted by Gasteiger charge is -2.24. The van der Waals surface area contributed by atoms with Crippen LogP contribution < -0.4 is 0 Å². The van der Waals surface area contributed by atoms with Gasteiger partial charge in [0.15, 0.2) is 6.10 Å². The number of nitrogens with zero attached hydrogens (tertiary/aromatic N) is 1. The molecule has 0 saturated heterocycles. The molecule has 2 N–H and O–H groups in total. The summed E-state index contributed by atoms with van der Waals surface area (Å²) in [6, 6.07) is 0. The van der Waals surface area contributed by atoms with E-state index in [-0.39, 0.29) is 19.2 Å². The van der Waals surface area contributed by atoms with Gasteiger partial charge >= 0.3 is 13.8 Å². The molecule has 2 atom stereocenters. The maximum absolute atomic E-state index is 12.0. The molecule has 0 aliphatic rings. The summed E-state index contributed by atoms with van der Waals surface area (Å²) in [7, 11) is 1.50. The lowest BCUT2D eigenvalue weighted by atomic mass is 10.0. The van der Waals surface area contributed by atoms with Crippen LogP contribution in [0.25, 0.3) is 0 Å². The molecule has 0 aromatic carbocycles. The second-order valence-corrected chi connectivity index (χ2v) is 14.3. The van der Waals surface area contributed by atoms with Crippen molar-refractivity contribution in [2.45, 2.75) is 154 Å². The molecule has 0 spiro atoms. The number of carbonyl (C=O) groups excluding carboxylic acids is 1. The quantitative estimate of drug-likeness (QED) is 0.0191. The SMILES string of the molecule is CCCCCCCCCCCCCCCCCCCCCCCC(=O)OC[C@H](COP(=O)(O)OCC[N+](C)(C)C)OO. The summed E-state index contributed by atoms with van der Waals surface area (Å²) in [6.45, 7) is 2.12. The van der Waals surface area contributed by atoms with Crippen LogP contribution in [0.2, 0.25) is 0 Å². The van der Waals surface area contributed by atoms with Gasteiger partial charge in [0.25, 0.3) is 0 Å². The van der Waals surface area contributed by atoms with Crippen molar-refractivity contribution in [2.75, 3.05) is 47.5 Å². The number of carbonyl (C=O) groups is 1. The number of unbranched alkanes of at least 4 members (excludes halogenated alkanes) is 20. The molecule has 10 heteroatoms. The highest BCUT2D eigenvalue weighted by Crippen LogP contribution is 2.43. The van der Waals surface area contributed by atoms with Crippen molar-refractivity contribution in [3.63, 3.8) is 0 Å². The van der Waals surface area contributed by atoms with E-state index in [4.69, 9.17) is 19.0 Å². The van der Waals surface area contributed by atoms with E-state index in [1.165, 1.54) is 116 Å². The zero-order valence-corrected chi connectivity index (χ0v) is 28.6. The maximum atomic E-state index is 12.0. The second-order valence-electron chi connectivity index (χ2n) is 12.8. The summed E-state index contributed by atoms with van der Waals surface area (Å²) < 4.78 is 27.4. The first-order valence-electron chi connectivity index (χ1n) is 17.0. The van der Waals surface area contributed by atoms with Crippen molar-refractivity contribution >= 4 is 13.8 Å². The predicted octanol–water partition coefficient (Wildman–Crippen LogP) is 8.83. The molecule has 0 bridgehead atoms. The molecular weight excluding hydrogens is 557 g/mol. The summed E-state index contributed by atoms with van der Waals surface area (Å²) in [5.41, 5.74) is 0. The second kappa shape index (κ2) is 28.0. The Hall–Kier alpha value is -0.540. The number of quaternary nitrogens is 1. The van der Waals surface area contributed by atoms with Crippen LogP contribution in [0.4, 0.5) is 0 Å². The Balaban J connectivity index is 3.51. The van der Waals surface area contributed by atoms with Crippen molar-refractivity contribution in [3.05, 3.63) is 0 Å². The minimum atomic E-state index is -4.29. The first-order chi connectivity index (χ1) is 20.1. The van der Waals surface area contributed by atoms with Gasteiger partial charge in [-0.2, -0.15) is 0 Å². The summed E-state index contributed by atoms with van der Waals surface area (Å²) in [6.07, 6.45) is 26.8. The fourth-order valence-corrected chi connectivity index (χ4v) is 5.45.